The van der Waals surface area contributed by atoms with Crippen LogP contribution < -0.4 is 5.32 Å². The zero-order valence-corrected chi connectivity index (χ0v) is 14.7. The van der Waals surface area contributed by atoms with Crippen LogP contribution in [0, 0.1) is 17.1 Å². The molecule has 0 fully saturated rings. The van der Waals surface area contributed by atoms with Crippen molar-refractivity contribution >= 4 is 23.6 Å². The topological polar surface area (TPSA) is 52.9 Å². The summed E-state index contributed by atoms with van der Waals surface area (Å²) in [4.78, 5) is 12.3. The second kappa shape index (κ2) is 8.23. The summed E-state index contributed by atoms with van der Waals surface area (Å²) in [6, 6.07) is 9.60. The number of nitriles is 1. The van der Waals surface area contributed by atoms with Gasteiger partial charge in [0.15, 0.2) is 0 Å². The molecule has 140 valence electrons. The molecule has 0 aliphatic rings. The number of alkyl halides is 3. The normalized spacial score (nSPS) is 13.0. The van der Waals surface area contributed by atoms with Gasteiger partial charge in [0.25, 0.3) is 5.91 Å². The molecule has 0 unspecified atom stereocenters. The van der Waals surface area contributed by atoms with Crippen molar-refractivity contribution in [3.05, 3.63) is 75.6 Å². The lowest BCUT2D eigenvalue weighted by molar-refractivity contribution is -0.137. The van der Waals surface area contributed by atoms with E-state index in [1.54, 1.807) is 37.3 Å². The molecule has 0 saturated carbocycles. The Labute approximate surface area is 157 Å². The van der Waals surface area contributed by atoms with Crippen molar-refractivity contribution in [1.29, 1.82) is 5.26 Å². The third-order valence-electron chi connectivity index (χ3n) is 3.64. The van der Waals surface area contributed by atoms with Crippen molar-refractivity contribution < 1.29 is 22.4 Å². The quantitative estimate of drug-likeness (QED) is 0.434. The van der Waals surface area contributed by atoms with Crippen molar-refractivity contribution in [2.75, 3.05) is 0 Å². The molecule has 0 bridgehead atoms. The summed E-state index contributed by atoms with van der Waals surface area (Å²) in [6.07, 6.45) is -3.86. The highest BCUT2D eigenvalue weighted by molar-refractivity contribution is 6.31. The minimum Gasteiger partial charge on any atom is -0.345 e. The Morgan fingerprint density at radius 1 is 1.26 bits per heavy atom. The Morgan fingerprint density at radius 2 is 1.93 bits per heavy atom. The van der Waals surface area contributed by atoms with Crippen molar-refractivity contribution in [3.8, 4) is 6.07 Å². The number of carbonyl (C=O) groups excluding carboxylic acids is 1. The van der Waals surface area contributed by atoms with Gasteiger partial charge in [-0.25, -0.2) is 4.39 Å². The first kappa shape index (κ1) is 20.5. The van der Waals surface area contributed by atoms with Crippen molar-refractivity contribution in [2.24, 2.45) is 0 Å². The fourth-order valence-corrected chi connectivity index (χ4v) is 2.65. The van der Waals surface area contributed by atoms with Crippen LogP contribution in [0.25, 0.3) is 6.08 Å². The lowest BCUT2D eigenvalue weighted by atomic mass is 10.1. The van der Waals surface area contributed by atoms with Crippen LogP contribution in [0.15, 0.2) is 48.0 Å². The molecular formula is C19H13ClF4N2O. The second-order valence-electron chi connectivity index (χ2n) is 5.66. The number of halogens is 5. The molecule has 0 aromatic heterocycles. The Bertz CT molecular complexity index is 932. The van der Waals surface area contributed by atoms with Crippen LogP contribution in [0.2, 0.25) is 5.02 Å². The highest BCUT2D eigenvalue weighted by Crippen LogP contribution is 2.31. The zero-order chi connectivity index (χ0) is 20.2. The summed E-state index contributed by atoms with van der Waals surface area (Å²) < 4.78 is 51.8. The number of benzene rings is 2. The molecule has 2 aromatic rings. The average Bonchev–Trinajstić information content (AvgIpc) is 2.58. The van der Waals surface area contributed by atoms with Crippen molar-refractivity contribution in [1.82, 2.24) is 5.32 Å². The molecule has 8 heteroatoms. The summed E-state index contributed by atoms with van der Waals surface area (Å²) in [5.41, 5.74) is -1.32. The van der Waals surface area contributed by atoms with E-state index in [0.717, 1.165) is 12.1 Å². The number of nitrogens with one attached hydrogen (secondary N) is 1. The van der Waals surface area contributed by atoms with Crippen LogP contribution in [-0.2, 0) is 11.0 Å². The van der Waals surface area contributed by atoms with Gasteiger partial charge in [-0.15, -0.1) is 0 Å². The monoisotopic (exact) mass is 396 g/mol. The van der Waals surface area contributed by atoms with Gasteiger partial charge in [0, 0.05) is 5.02 Å². The molecule has 0 spiro atoms. The number of amides is 1. The molecule has 0 radical (unpaired) electrons. The first-order valence-electron chi connectivity index (χ1n) is 7.66. The van der Waals surface area contributed by atoms with Gasteiger partial charge in [-0.2, -0.15) is 18.4 Å². The molecular weight excluding hydrogens is 384 g/mol. The van der Waals surface area contributed by atoms with E-state index in [-0.39, 0.29) is 5.56 Å². The molecule has 1 atom stereocenters. The van der Waals surface area contributed by atoms with E-state index in [9.17, 15) is 27.6 Å². The van der Waals surface area contributed by atoms with Crippen LogP contribution in [0.3, 0.4) is 0 Å². The molecule has 1 N–H and O–H groups in total. The van der Waals surface area contributed by atoms with Gasteiger partial charge < -0.3 is 5.32 Å². The number of rotatable bonds is 4. The van der Waals surface area contributed by atoms with E-state index in [2.05, 4.69) is 5.32 Å². The molecule has 27 heavy (non-hydrogen) atoms. The number of nitrogens with zero attached hydrogens (tertiary/aromatic N) is 1. The van der Waals surface area contributed by atoms with Gasteiger partial charge in [0.05, 0.1) is 11.6 Å². The van der Waals surface area contributed by atoms with Crippen LogP contribution in [0.4, 0.5) is 17.6 Å². The highest BCUT2D eigenvalue weighted by Gasteiger charge is 2.31. The predicted octanol–water partition coefficient (Wildman–Crippen LogP) is 5.28. The highest BCUT2D eigenvalue weighted by atomic mass is 35.5. The van der Waals surface area contributed by atoms with E-state index in [0.29, 0.717) is 22.7 Å². The maximum Gasteiger partial charge on any atom is 0.416 e. The summed E-state index contributed by atoms with van der Waals surface area (Å²) in [6.45, 7) is 1.64. The van der Waals surface area contributed by atoms with E-state index >= 15 is 0 Å². The maximum atomic E-state index is 13.5. The van der Waals surface area contributed by atoms with Crippen LogP contribution in [0.5, 0.6) is 0 Å². The van der Waals surface area contributed by atoms with Gasteiger partial charge in [-0.05, 0) is 48.4 Å². The fourth-order valence-electron chi connectivity index (χ4n) is 2.35. The average molecular weight is 397 g/mol. The molecule has 0 saturated heterocycles. The van der Waals surface area contributed by atoms with Crippen molar-refractivity contribution in [3.63, 3.8) is 0 Å². The standard InChI is InChI=1S/C19H13ClF4N2O/c1-11(16-4-2-3-5-17(16)20)26-18(27)13(10-25)6-12-7-14(19(22,23)24)9-15(21)8-12/h2-9,11H,1H3,(H,26,27)/b13-6+/t11-/m0/s1. The van der Waals surface area contributed by atoms with E-state index < -0.39 is 35.1 Å². The summed E-state index contributed by atoms with van der Waals surface area (Å²) in [5, 5.41) is 12.1. The Kier molecular flexibility index (Phi) is 6.24. The molecule has 2 aromatic carbocycles. The lowest BCUT2D eigenvalue weighted by Crippen LogP contribution is -2.27. The molecule has 2 rings (SSSR count). The third kappa shape index (κ3) is 5.31. The van der Waals surface area contributed by atoms with Gasteiger partial charge in [-0.3, -0.25) is 4.79 Å². The molecule has 3 nitrogen and oxygen atoms in total. The Hall–Kier alpha value is -2.85. The van der Waals surface area contributed by atoms with Gasteiger partial charge in [0.2, 0.25) is 0 Å². The smallest absolute Gasteiger partial charge is 0.345 e. The van der Waals surface area contributed by atoms with Gasteiger partial charge in [-0.1, -0.05) is 29.8 Å². The molecule has 0 heterocycles. The minimum absolute atomic E-state index is 0.251. The number of hydrogen-bond donors (Lipinski definition) is 1. The Morgan fingerprint density at radius 3 is 2.52 bits per heavy atom. The fraction of sp³-hybridized carbons (Fsp3) is 0.158. The summed E-state index contributed by atoms with van der Waals surface area (Å²) in [7, 11) is 0. The van der Waals surface area contributed by atoms with Crippen LogP contribution >= 0.6 is 11.6 Å². The molecule has 1 amide bonds. The molecule has 0 aliphatic carbocycles. The summed E-state index contributed by atoms with van der Waals surface area (Å²) in [5.74, 6) is -1.94. The van der Waals surface area contributed by atoms with E-state index in [1.165, 1.54) is 0 Å². The lowest BCUT2D eigenvalue weighted by Gasteiger charge is -2.15. The van der Waals surface area contributed by atoms with Crippen LogP contribution in [-0.4, -0.2) is 5.91 Å². The van der Waals surface area contributed by atoms with Crippen LogP contribution in [0.1, 0.15) is 29.7 Å². The first-order chi connectivity index (χ1) is 12.6. The second-order valence-corrected chi connectivity index (χ2v) is 6.06. The maximum absolute atomic E-state index is 13.5. The zero-order valence-electron chi connectivity index (χ0n) is 13.9. The van der Waals surface area contributed by atoms with Gasteiger partial charge >= 0.3 is 6.18 Å². The van der Waals surface area contributed by atoms with E-state index in [4.69, 9.17) is 11.6 Å². The Balaban J connectivity index is 2.28. The van der Waals surface area contributed by atoms with E-state index in [1.807, 2.05) is 0 Å². The minimum atomic E-state index is -4.75. The molecule has 0 aliphatic heterocycles. The number of carbonyl (C=O) groups is 1. The number of hydrogen-bond acceptors (Lipinski definition) is 2. The third-order valence-corrected chi connectivity index (χ3v) is 3.99. The largest absolute Gasteiger partial charge is 0.416 e. The SMILES string of the molecule is C[C@H](NC(=O)/C(C#N)=C/c1cc(F)cc(C(F)(F)F)c1)c1ccccc1Cl. The first-order valence-corrected chi connectivity index (χ1v) is 8.04. The summed E-state index contributed by atoms with van der Waals surface area (Å²) >= 11 is 6.04. The predicted molar refractivity (Wildman–Crippen MR) is 93.0 cm³/mol. The van der Waals surface area contributed by atoms with Gasteiger partial charge in [0.1, 0.15) is 17.5 Å². The van der Waals surface area contributed by atoms with Crippen molar-refractivity contribution in [2.45, 2.75) is 19.1 Å².